The summed E-state index contributed by atoms with van der Waals surface area (Å²) in [5.74, 6) is -8.15. The zero-order chi connectivity index (χ0) is 46.7. The van der Waals surface area contributed by atoms with Crippen molar-refractivity contribution >= 4 is 29.5 Å². The molecular weight excluding hydrogens is 825 g/mol. The molecule has 4 aliphatic rings. The number of carbonyl (C=O) groups is 4. The molecule has 1 aromatic heterocycles. The van der Waals surface area contributed by atoms with Crippen LogP contribution in [0.1, 0.15) is 104 Å². The number of aliphatic hydroxyl groups is 3. The number of fused-ring (bicyclic) bond motifs is 3. The average molecular weight is 897 g/mol. The van der Waals surface area contributed by atoms with Gasteiger partial charge < -0.3 is 48.6 Å². The monoisotopic (exact) mass is 897 g/mol. The summed E-state index contributed by atoms with van der Waals surface area (Å²) < 4.78 is 35.9. The maximum atomic E-state index is 14.5. The molecule has 3 N–H and O–H groups in total. The number of hydrogen-bond donors (Lipinski definition) is 3. The Bertz CT molecular complexity index is 1820. The minimum Gasteiger partial charge on any atom is -0.456 e. The fourth-order valence-electron chi connectivity index (χ4n) is 9.92. The van der Waals surface area contributed by atoms with Gasteiger partial charge in [0, 0.05) is 78.0 Å². The van der Waals surface area contributed by atoms with Gasteiger partial charge in [-0.05, 0) is 101 Å². The second-order valence-corrected chi connectivity index (χ2v) is 18.4. The standard InChI is InChI=1S/C49H72N2O13/c1-29-22-35(13-11-12-33-17-19-50-20-18-33)40(54)28-39(53)32(4)44(30(2)24-34-15-16-38(52)41(26-34)60-6)63-48(57)37-14-9-10-21-51(37)47(56)46(55)49(58)31(3)25-42(61-7)45(64-49)43(62-8)27-36(23-29)59-5/h11-12,17-20,22,24,31-32,34-39,41-45,52-53,58H,9-10,13-16,21,23,25-28H2,1-8H3/b12-11+,29-22+,30-24+/t31-,32-,34+,35-,36+,37+,38-,39+,41-,42+,43+,44-,45+,49-/m1/s1. The van der Waals surface area contributed by atoms with Crippen LogP contribution in [-0.4, -0.2) is 144 Å². The highest BCUT2D eigenvalue weighted by molar-refractivity contribution is 6.39. The van der Waals surface area contributed by atoms with Crippen LogP contribution in [0.25, 0.3) is 6.08 Å². The minimum absolute atomic E-state index is 0.0355. The molecule has 2 bridgehead atoms. The van der Waals surface area contributed by atoms with Crippen LogP contribution in [-0.2, 0) is 47.6 Å². The normalized spacial score (nSPS) is 37.9. The number of nitrogens with zero attached hydrogens (tertiary/aromatic N) is 2. The Balaban J connectivity index is 1.57. The number of pyridine rings is 1. The summed E-state index contributed by atoms with van der Waals surface area (Å²) in [6, 6.07) is 2.55. The highest BCUT2D eigenvalue weighted by Gasteiger charge is 2.56. The van der Waals surface area contributed by atoms with E-state index in [1.165, 1.54) is 19.1 Å². The Morgan fingerprint density at radius 2 is 1.58 bits per heavy atom. The molecular formula is C49H72N2O13. The van der Waals surface area contributed by atoms with Crippen molar-refractivity contribution in [2.75, 3.05) is 35.0 Å². The van der Waals surface area contributed by atoms with Crippen molar-refractivity contribution in [3.63, 3.8) is 0 Å². The second-order valence-electron chi connectivity index (χ2n) is 18.4. The molecule has 1 aromatic rings. The van der Waals surface area contributed by atoms with Crippen LogP contribution < -0.4 is 0 Å². The minimum atomic E-state index is -2.57. The van der Waals surface area contributed by atoms with E-state index in [1.807, 2.05) is 50.3 Å². The summed E-state index contributed by atoms with van der Waals surface area (Å²) in [7, 11) is 6.12. The lowest BCUT2D eigenvalue weighted by atomic mass is 9.81. The van der Waals surface area contributed by atoms with Gasteiger partial charge in [-0.15, -0.1) is 0 Å². The molecule has 1 saturated carbocycles. The number of esters is 1. The number of amides is 1. The Labute approximate surface area is 378 Å². The number of rotatable bonds is 9. The van der Waals surface area contributed by atoms with Crippen molar-refractivity contribution in [2.24, 2.45) is 23.7 Å². The van der Waals surface area contributed by atoms with Crippen LogP contribution in [0, 0.1) is 23.7 Å². The largest absolute Gasteiger partial charge is 0.456 e. The zero-order valence-electron chi connectivity index (χ0n) is 38.9. The van der Waals surface area contributed by atoms with Crippen LogP contribution in [0.5, 0.6) is 0 Å². The molecule has 1 aliphatic carbocycles. The molecule has 5 rings (SSSR count). The number of methoxy groups -OCH3 is 4. The Kier molecular flexibility index (Phi) is 19.0. The van der Waals surface area contributed by atoms with Crippen LogP contribution in [0.4, 0.5) is 0 Å². The quantitative estimate of drug-likeness (QED) is 0.171. The van der Waals surface area contributed by atoms with E-state index in [0.29, 0.717) is 50.5 Å². The molecule has 0 radical (unpaired) electrons. The summed E-state index contributed by atoms with van der Waals surface area (Å²) in [5.41, 5.74) is 2.40. The maximum absolute atomic E-state index is 14.5. The van der Waals surface area contributed by atoms with Gasteiger partial charge in [0.2, 0.25) is 5.79 Å². The maximum Gasteiger partial charge on any atom is 0.329 e. The lowest BCUT2D eigenvalue weighted by Crippen LogP contribution is -2.64. The summed E-state index contributed by atoms with van der Waals surface area (Å²) in [4.78, 5) is 62.8. The number of ether oxygens (including phenoxy) is 6. The number of piperidine rings is 1. The Morgan fingerprint density at radius 3 is 2.25 bits per heavy atom. The first kappa shape index (κ1) is 51.3. The smallest absolute Gasteiger partial charge is 0.329 e. The van der Waals surface area contributed by atoms with Crippen LogP contribution in [0.2, 0.25) is 0 Å². The first-order valence-electron chi connectivity index (χ1n) is 22.9. The van der Waals surface area contributed by atoms with E-state index < -0.39 is 90.0 Å². The molecule has 15 heteroatoms. The summed E-state index contributed by atoms with van der Waals surface area (Å²) in [5, 5.41) is 34.6. The van der Waals surface area contributed by atoms with Crippen molar-refractivity contribution in [1.29, 1.82) is 0 Å². The van der Waals surface area contributed by atoms with E-state index in [9.17, 15) is 34.5 Å². The van der Waals surface area contributed by atoms with Gasteiger partial charge in [-0.25, -0.2) is 4.79 Å². The first-order valence-corrected chi connectivity index (χ1v) is 22.9. The van der Waals surface area contributed by atoms with Crippen molar-refractivity contribution in [2.45, 2.75) is 159 Å². The number of Topliss-reactive ketones (excluding diaryl/α,β-unsaturated/α-hetero) is 2. The summed E-state index contributed by atoms with van der Waals surface area (Å²) in [6.45, 7) is 7.13. The van der Waals surface area contributed by atoms with E-state index in [4.69, 9.17) is 28.4 Å². The predicted octanol–water partition coefficient (Wildman–Crippen LogP) is 4.94. The number of ketones is 2. The molecule has 14 atom stereocenters. The number of cyclic esters (lactones) is 1. The van der Waals surface area contributed by atoms with E-state index in [1.54, 1.807) is 40.5 Å². The molecule has 356 valence electrons. The van der Waals surface area contributed by atoms with Gasteiger partial charge in [0.05, 0.1) is 36.6 Å². The van der Waals surface area contributed by atoms with Gasteiger partial charge in [-0.2, -0.15) is 0 Å². The van der Waals surface area contributed by atoms with Gasteiger partial charge in [0.1, 0.15) is 24.0 Å². The Hall–Kier alpha value is -3.67. The number of hydrogen-bond acceptors (Lipinski definition) is 14. The van der Waals surface area contributed by atoms with Gasteiger partial charge in [-0.1, -0.05) is 43.7 Å². The fraction of sp³-hybridized carbons (Fsp3) is 0.694. The molecule has 2 saturated heterocycles. The molecule has 64 heavy (non-hydrogen) atoms. The van der Waals surface area contributed by atoms with Gasteiger partial charge in [-0.3, -0.25) is 19.4 Å². The number of aromatic nitrogens is 1. The van der Waals surface area contributed by atoms with Crippen molar-refractivity contribution in [1.82, 2.24) is 9.88 Å². The molecule has 15 nitrogen and oxygen atoms in total. The van der Waals surface area contributed by atoms with Crippen molar-refractivity contribution in [3.05, 3.63) is 59.5 Å². The van der Waals surface area contributed by atoms with Gasteiger partial charge in [0.15, 0.2) is 0 Å². The topological polar surface area (TPSA) is 200 Å². The predicted molar refractivity (Wildman–Crippen MR) is 237 cm³/mol. The third-order valence-electron chi connectivity index (χ3n) is 13.9. The third-order valence-corrected chi connectivity index (χ3v) is 13.9. The molecule has 3 fully saturated rings. The van der Waals surface area contributed by atoms with Crippen molar-refractivity contribution in [3.8, 4) is 0 Å². The molecule has 3 aliphatic heterocycles. The molecule has 1 amide bonds. The van der Waals surface area contributed by atoms with Crippen LogP contribution in [0.3, 0.4) is 0 Å². The van der Waals surface area contributed by atoms with Crippen LogP contribution in [0.15, 0.2) is 53.9 Å². The molecule has 0 spiro atoms. The van der Waals surface area contributed by atoms with E-state index in [0.717, 1.165) is 11.1 Å². The van der Waals surface area contributed by atoms with Gasteiger partial charge >= 0.3 is 5.97 Å². The first-order chi connectivity index (χ1) is 30.5. The van der Waals surface area contributed by atoms with Crippen LogP contribution >= 0.6 is 0 Å². The number of allylic oxidation sites excluding steroid dienone is 3. The lowest BCUT2D eigenvalue weighted by Gasteiger charge is -2.47. The molecule has 0 unspecified atom stereocenters. The molecule has 4 heterocycles. The zero-order valence-corrected chi connectivity index (χ0v) is 38.9. The van der Waals surface area contributed by atoms with Crippen molar-refractivity contribution < 1.29 is 62.9 Å². The number of carbonyl (C=O) groups excluding carboxylic acids is 4. The third kappa shape index (κ3) is 12.6. The summed E-state index contributed by atoms with van der Waals surface area (Å²) >= 11 is 0. The highest BCUT2D eigenvalue weighted by atomic mass is 16.7. The van der Waals surface area contributed by atoms with E-state index in [-0.39, 0.29) is 50.0 Å². The summed E-state index contributed by atoms with van der Waals surface area (Å²) in [6.07, 6.45) is 8.88. The van der Waals surface area contributed by atoms with E-state index in [2.05, 4.69) is 4.98 Å². The Morgan fingerprint density at radius 1 is 0.891 bits per heavy atom. The highest BCUT2D eigenvalue weighted by Crippen LogP contribution is 2.39. The van der Waals surface area contributed by atoms with E-state index >= 15 is 0 Å². The average Bonchev–Trinajstić information content (AvgIpc) is 3.29. The second kappa shape index (κ2) is 23.7. The lowest BCUT2D eigenvalue weighted by molar-refractivity contribution is -0.303. The SMILES string of the molecule is CO[C@H]1C/C(C)=C/[C@@H](C/C=C/c2ccncc2)C(=O)C[C@H](O)[C@@H](C)[C@@H](/C(C)=C/[C@@H]2CC[C@@H](O)[C@H](OC)C2)OC(=O)[C@@H]2CCCCN2C(=O)C(=O)[C@]2(O)O[C@H]([C@@H](OC)C1)[C@@H](OC)C[C@H]2C. The fourth-order valence-corrected chi connectivity index (χ4v) is 9.92. The van der Waals surface area contributed by atoms with Gasteiger partial charge in [0.25, 0.3) is 11.7 Å². The number of aliphatic hydroxyl groups excluding tert-OH is 2. The molecule has 0 aromatic carbocycles.